The standard InChI is InChI=1S/C33H33Cl2NOS2/c1-20(2)22-5-11-27(12-6-22)38-31-15-9-25(34)17-24(31)18-30(33(36)37)29-19-26(35)10-16-32(29)39-28-13-7-23(8-14-28)21(3)4/h5-17,19-21,30H,18H2,1-4H3,(H2,36,37)/t30-/m0/s1. The van der Waals surface area contributed by atoms with Crippen LogP contribution in [0.5, 0.6) is 0 Å². The Bertz CT molecular complexity index is 1430. The van der Waals surface area contributed by atoms with E-state index in [9.17, 15) is 4.79 Å². The number of carbonyl (C=O) groups excluding carboxylic acids is 1. The Morgan fingerprint density at radius 2 is 1.15 bits per heavy atom. The molecule has 4 rings (SSSR count). The third kappa shape index (κ3) is 7.85. The monoisotopic (exact) mass is 593 g/mol. The molecule has 1 atom stereocenters. The lowest BCUT2D eigenvalue weighted by Crippen LogP contribution is -2.24. The lowest BCUT2D eigenvalue weighted by Gasteiger charge is -2.20. The van der Waals surface area contributed by atoms with E-state index in [1.165, 1.54) is 11.1 Å². The van der Waals surface area contributed by atoms with Crippen LogP contribution in [0.2, 0.25) is 10.0 Å². The quantitative estimate of drug-likeness (QED) is 0.199. The number of nitrogens with two attached hydrogens (primary N) is 1. The topological polar surface area (TPSA) is 43.1 Å². The highest BCUT2D eigenvalue weighted by molar-refractivity contribution is 7.99. The van der Waals surface area contributed by atoms with Gasteiger partial charge in [0.15, 0.2) is 0 Å². The van der Waals surface area contributed by atoms with Crippen LogP contribution in [0.25, 0.3) is 0 Å². The van der Waals surface area contributed by atoms with E-state index in [4.69, 9.17) is 28.9 Å². The molecular formula is C33H33Cl2NOS2. The normalized spacial score (nSPS) is 12.2. The van der Waals surface area contributed by atoms with E-state index in [0.29, 0.717) is 28.3 Å². The Balaban J connectivity index is 1.66. The van der Waals surface area contributed by atoms with Gasteiger partial charge in [-0.1, -0.05) is 98.7 Å². The van der Waals surface area contributed by atoms with Crippen LogP contribution >= 0.6 is 46.7 Å². The zero-order valence-electron chi connectivity index (χ0n) is 22.6. The molecule has 2 N–H and O–H groups in total. The van der Waals surface area contributed by atoms with Gasteiger partial charge in [-0.2, -0.15) is 0 Å². The number of benzene rings is 4. The molecule has 0 radical (unpaired) electrons. The summed E-state index contributed by atoms with van der Waals surface area (Å²) in [4.78, 5) is 17.1. The maximum Gasteiger partial charge on any atom is 0.225 e. The van der Waals surface area contributed by atoms with Gasteiger partial charge in [-0.3, -0.25) is 4.79 Å². The second-order valence-electron chi connectivity index (χ2n) is 10.2. The van der Waals surface area contributed by atoms with Crippen molar-refractivity contribution in [3.63, 3.8) is 0 Å². The Morgan fingerprint density at radius 3 is 1.64 bits per heavy atom. The van der Waals surface area contributed by atoms with Crippen molar-refractivity contribution >= 4 is 52.6 Å². The van der Waals surface area contributed by atoms with Crippen LogP contribution < -0.4 is 5.73 Å². The first-order chi connectivity index (χ1) is 18.6. The molecule has 0 heterocycles. The van der Waals surface area contributed by atoms with Crippen LogP contribution in [0.1, 0.15) is 67.7 Å². The average Bonchev–Trinajstić information content (AvgIpc) is 2.90. The number of halogens is 2. The smallest absolute Gasteiger partial charge is 0.225 e. The van der Waals surface area contributed by atoms with Crippen molar-refractivity contribution < 1.29 is 4.79 Å². The fourth-order valence-electron chi connectivity index (χ4n) is 4.37. The molecule has 0 spiro atoms. The van der Waals surface area contributed by atoms with Crippen molar-refractivity contribution in [2.24, 2.45) is 5.73 Å². The van der Waals surface area contributed by atoms with Crippen LogP contribution in [-0.2, 0) is 11.2 Å². The van der Waals surface area contributed by atoms with Gasteiger partial charge in [0.05, 0.1) is 5.92 Å². The highest BCUT2D eigenvalue weighted by atomic mass is 35.5. The third-order valence-corrected chi connectivity index (χ3v) is 9.38. The molecule has 39 heavy (non-hydrogen) atoms. The minimum absolute atomic E-state index is 0.397. The summed E-state index contributed by atoms with van der Waals surface area (Å²) in [6.07, 6.45) is 0.419. The SMILES string of the molecule is CC(C)c1ccc(Sc2ccc(Cl)cc2C[C@H](C(N)=O)c2cc(Cl)ccc2Sc2ccc(C(C)C)cc2)cc1. The van der Waals surface area contributed by atoms with E-state index < -0.39 is 11.8 Å². The van der Waals surface area contributed by atoms with E-state index in [1.807, 2.05) is 36.4 Å². The van der Waals surface area contributed by atoms with Crippen molar-refractivity contribution in [2.45, 2.75) is 71.5 Å². The van der Waals surface area contributed by atoms with E-state index >= 15 is 0 Å². The van der Waals surface area contributed by atoms with Crippen LogP contribution in [0, 0.1) is 0 Å². The van der Waals surface area contributed by atoms with Crippen molar-refractivity contribution in [3.8, 4) is 0 Å². The van der Waals surface area contributed by atoms with Gasteiger partial charge in [0.1, 0.15) is 0 Å². The van der Waals surface area contributed by atoms with Gasteiger partial charge in [-0.25, -0.2) is 0 Å². The number of carbonyl (C=O) groups is 1. The average molecular weight is 595 g/mol. The van der Waals surface area contributed by atoms with Gasteiger partial charge in [0.25, 0.3) is 0 Å². The molecule has 0 aliphatic heterocycles. The van der Waals surface area contributed by atoms with Gasteiger partial charge in [0, 0.05) is 29.6 Å². The number of hydrogen-bond donors (Lipinski definition) is 1. The molecule has 2 nitrogen and oxygen atoms in total. The minimum Gasteiger partial charge on any atom is -0.369 e. The number of rotatable bonds is 10. The van der Waals surface area contributed by atoms with E-state index in [2.05, 4.69) is 76.2 Å². The Hall–Kier alpha value is -2.37. The largest absolute Gasteiger partial charge is 0.369 e. The summed E-state index contributed by atoms with van der Waals surface area (Å²) < 4.78 is 0. The Kier molecular flexibility index (Phi) is 10.1. The summed E-state index contributed by atoms with van der Waals surface area (Å²) in [5.74, 6) is -0.0228. The predicted octanol–water partition coefficient (Wildman–Crippen LogP) is 10.4. The van der Waals surface area contributed by atoms with Crippen LogP contribution in [-0.4, -0.2) is 5.91 Å². The second kappa shape index (κ2) is 13.3. The summed E-state index contributed by atoms with van der Waals surface area (Å²) in [6.45, 7) is 8.74. The summed E-state index contributed by atoms with van der Waals surface area (Å²) >= 11 is 16.2. The molecule has 0 saturated heterocycles. The van der Waals surface area contributed by atoms with Gasteiger partial charge in [-0.15, -0.1) is 0 Å². The van der Waals surface area contributed by atoms with Gasteiger partial charge < -0.3 is 5.73 Å². The third-order valence-electron chi connectivity index (χ3n) is 6.69. The maximum atomic E-state index is 12.9. The molecule has 4 aromatic rings. The maximum absolute atomic E-state index is 12.9. The molecule has 0 fully saturated rings. The van der Waals surface area contributed by atoms with Gasteiger partial charge >= 0.3 is 0 Å². The number of amides is 1. The van der Waals surface area contributed by atoms with Crippen molar-refractivity contribution in [1.82, 2.24) is 0 Å². The van der Waals surface area contributed by atoms with E-state index in [1.54, 1.807) is 23.5 Å². The highest BCUT2D eigenvalue weighted by Gasteiger charge is 2.24. The lowest BCUT2D eigenvalue weighted by molar-refractivity contribution is -0.119. The minimum atomic E-state index is -0.567. The highest BCUT2D eigenvalue weighted by Crippen LogP contribution is 2.40. The zero-order valence-corrected chi connectivity index (χ0v) is 25.7. The Labute approximate surface area is 250 Å². The fraction of sp³-hybridized carbons (Fsp3) is 0.242. The first-order valence-electron chi connectivity index (χ1n) is 13.0. The Morgan fingerprint density at radius 1 is 0.692 bits per heavy atom. The molecule has 0 aliphatic carbocycles. The van der Waals surface area contributed by atoms with Crippen LogP contribution in [0.15, 0.2) is 105 Å². The summed E-state index contributed by atoms with van der Waals surface area (Å²) in [5.41, 5.74) is 10.4. The van der Waals surface area contributed by atoms with Crippen molar-refractivity contribution in [1.29, 1.82) is 0 Å². The molecule has 1 amide bonds. The second-order valence-corrected chi connectivity index (χ2v) is 13.3. The number of hydrogen-bond acceptors (Lipinski definition) is 3. The van der Waals surface area contributed by atoms with Crippen molar-refractivity contribution in [3.05, 3.63) is 117 Å². The fourth-order valence-corrected chi connectivity index (χ4v) is 6.66. The van der Waals surface area contributed by atoms with Crippen LogP contribution in [0.4, 0.5) is 0 Å². The summed E-state index contributed by atoms with van der Waals surface area (Å²) in [7, 11) is 0. The number of primary amides is 1. The molecular weight excluding hydrogens is 561 g/mol. The molecule has 0 aliphatic rings. The molecule has 202 valence electrons. The van der Waals surface area contributed by atoms with E-state index in [0.717, 1.165) is 30.7 Å². The lowest BCUT2D eigenvalue weighted by atomic mass is 9.91. The zero-order chi connectivity index (χ0) is 28.1. The van der Waals surface area contributed by atoms with Gasteiger partial charge in [0.2, 0.25) is 5.91 Å². The first kappa shape index (κ1) is 29.6. The van der Waals surface area contributed by atoms with E-state index in [-0.39, 0.29) is 0 Å². The van der Waals surface area contributed by atoms with Crippen LogP contribution in [0.3, 0.4) is 0 Å². The predicted molar refractivity (Wildman–Crippen MR) is 168 cm³/mol. The summed E-state index contributed by atoms with van der Waals surface area (Å²) in [5, 5.41) is 1.19. The van der Waals surface area contributed by atoms with Crippen molar-refractivity contribution in [2.75, 3.05) is 0 Å². The molecule has 0 aromatic heterocycles. The molecule has 0 saturated carbocycles. The van der Waals surface area contributed by atoms with Gasteiger partial charge in [-0.05, 0) is 101 Å². The molecule has 0 bridgehead atoms. The summed E-state index contributed by atoms with van der Waals surface area (Å²) in [6, 6.07) is 28.7. The molecule has 6 heteroatoms. The molecule has 4 aromatic carbocycles. The molecule has 0 unspecified atom stereocenters. The first-order valence-corrected chi connectivity index (χ1v) is 15.4.